The average molecular weight is 166 g/mol. The molecule has 0 aromatic carbocycles. The number of pyridine rings is 1. The zero-order valence-electron chi connectivity index (χ0n) is 7.96. The molecule has 1 aromatic rings. The van der Waals surface area contributed by atoms with Gasteiger partial charge in [-0.2, -0.15) is 4.73 Å². The predicted molar refractivity (Wildman–Crippen MR) is 49.2 cm³/mol. The van der Waals surface area contributed by atoms with Crippen LogP contribution in [0, 0.1) is 19.1 Å². The van der Waals surface area contributed by atoms with E-state index in [2.05, 4.69) is 0 Å². The highest BCUT2D eigenvalue weighted by Crippen LogP contribution is 2.19. The Morgan fingerprint density at radius 3 is 1.92 bits per heavy atom. The first kappa shape index (κ1) is 8.84. The van der Waals surface area contributed by atoms with Crippen molar-refractivity contribution >= 4 is 5.69 Å². The molecule has 0 atom stereocenters. The molecule has 0 spiro atoms. The van der Waals surface area contributed by atoms with Gasteiger partial charge in [-0.15, -0.1) is 0 Å². The number of aryl methyl sites for hydroxylation is 2. The minimum Gasteiger partial charge on any atom is -0.619 e. The predicted octanol–water partition coefficient (Wildman–Crippen LogP) is 1.00. The van der Waals surface area contributed by atoms with Crippen LogP contribution in [-0.4, -0.2) is 14.1 Å². The van der Waals surface area contributed by atoms with Crippen molar-refractivity contribution < 1.29 is 4.73 Å². The van der Waals surface area contributed by atoms with E-state index in [-0.39, 0.29) is 0 Å². The van der Waals surface area contributed by atoms with Crippen LogP contribution in [0.4, 0.5) is 5.69 Å². The number of hydrogen-bond acceptors (Lipinski definition) is 2. The molecule has 1 rings (SSSR count). The van der Waals surface area contributed by atoms with Crippen LogP contribution in [0.15, 0.2) is 12.4 Å². The van der Waals surface area contributed by atoms with Gasteiger partial charge in [-0.1, -0.05) is 0 Å². The number of anilines is 1. The quantitative estimate of drug-likeness (QED) is 0.460. The Morgan fingerprint density at radius 2 is 1.58 bits per heavy atom. The lowest BCUT2D eigenvalue weighted by atomic mass is 10.1. The molecule has 0 fully saturated rings. The molecule has 0 bridgehead atoms. The lowest BCUT2D eigenvalue weighted by Gasteiger charge is -2.17. The fraction of sp³-hybridized carbons (Fsp3) is 0.444. The molecule has 3 heteroatoms. The average Bonchev–Trinajstić information content (AvgIpc) is 1.82. The van der Waals surface area contributed by atoms with Gasteiger partial charge in [0, 0.05) is 25.2 Å². The first-order valence-corrected chi connectivity index (χ1v) is 3.89. The molecule has 0 aliphatic carbocycles. The lowest BCUT2D eigenvalue weighted by molar-refractivity contribution is -0.606. The van der Waals surface area contributed by atoms with Gasteiger partial charge < -0.3 is 10.1 Å². The van der Waals surface area contributed by atoms with E-state index in [0.29, 0.717) is 0 Å². The van der Waals surface area contributed by atoms with Crippen molar-refractivity contribution in [2.45, 2.75) is 13.8 Å². The van der Waals surface area contributed by atoms with Crippen molar-refractivity contribution in [2.75, 3.05) is 19.0 Å². The Bertz CT molecular complexity index is 272. The molecule has 0 amide bonds. The summed E-state index contributed by atoms with van der Waals surface area (Å²) in [6, 6.07) is 0. The molecule has 0 N–H and O–H groups in total. The summed E-state index contributed by atoms with van der Waals surface area (Å²) in [6.07, 6.45) is 3.17. The van der Waals surface area contributed by atoms with Gasteiger partial charge in [-0.05, 0) is 13.8 Å². The Balaban J connectivity index is 3.28. The summed E-state index contributed by atoms with van der Waals surface area (Å²) in [6.45, 7) is 3.88. The third-order valence-electron chi connectivity index (χ3n) is 1.84. The largest absolute Gasteiger partial charge is 0.619 e. The Labute approximate surface area is 72.8 Å². The molecule has 0 unspecified atom stereocenters. The zero-order chi connectivity index (χ0) is 9.30. The van der Waals surface area contributed by atoms with E-state index in [9.17, 15) is 5.21 Å². The molecular weight excluding hydrogens is 152 g/mol. The zero-order valence-corrected chi connectivity index (χ0v) is 7.96. The van der Waals surface area contributed by atoms with Crippen molar-refractivity contribution in [1.82, 2.24) is 0 Å². The van der Waals surface area contributed by atoms with Crippen molar-refractivity contribution in [3.63, 3.8) is 0 Å². The second-order valence-electron chi connectivity index (χ2n) is 3.23. The molecular formula is C9H14N2O. The van der Waals surface area contributed by atoms with E-state index in [1.54, 1.807) is 12.4 Å². The molecule has 0 aliphatic heterocycles. The third kappa shape index (κ3) is 1.49. The highest BCUT2D eigenvalue weighted by Gasteiger charge is 2.08. The topological polar surface area (TPSA) is 30.2 Å². The molecule has 66 valence electrons. The van der Waals surface area contributed by atoms with Gasteiger partial charge in [-0.3, -0.25) is 0 Å². The smallest absolute Gasteiger partial charge is 0.185 e. The van der Waals surface area contributed by atoms with Gasteiger partial charge in [0.1, 0.15) is 0 Å². The Kier molecular flexibility index (Phi) is 2.22. The summed E-state index contributed by atoms with van der Waals surface area (Å²) >= 11 is 0. The third-order valence-corrected chi connectivity index (χ3v) is 1.84. The van der Waals surface area contributed by atoms with Crippen LogP contribution < -0.4 is 9.63 Å². The lowest BCUT2D eigenvalue weighted by Crippen LogP contribution is -2.27. The van der Waals surface area contributed by atoms with Crippen LogP contribution in [0.25, 0.3) is 0 Å². The second-order valence-corrected chi connectivity index (χ2v) is 3.23. The van der Waals surface area contributed by atoms with Crippen molar-refractivity contribution in [2.24, 2.45) is 0 Å². The van der Waals surface area contributed by atoms with Crippen LogP contribution in [0.1, 0.15) is 11.1 Å². The number of rotatable bonds is 1. The van der Waals surface area contributed by atoms with E-state index >= 15 is 0 Å². The first-order chi connectivity index (χ1) is 5.52. The van der Waals surface area contributed by atoms with Crippen LogP contribution in [0.5, 0.6) is 0 Å². The normalized spacial score (nSPS) is 10.0. The monoisotopic (exact) mass is 166 g/mol. The maximum Gasteiger partial charge on any atom is 0.185 e. The van der Waals surface area contributed by atoms with Crippen LogP contribution in [0.3, 0.4) is 0 Å². The van der Waals surface area contributed by atoms with E-state index < -0.39 is 0 Å². The maximum absolute atomic E-state index is 11.0. The molecule has 1 aromatic heterocycles. The van der Waals surface area contributed by atoms with Crippen LogP contribution in [0.2, 0.25) is 0 Å². The van der Waals surface area contributed by atoms with Gasteiger partial charge >= 0.3 is 0 Å². The molecule has 0 aliphatic rings. The van der Waals surface area contributed by atoms with Gasteiger partial charge in [0.2, 0.25) is 0 Å². The van der Waals surface area contributed by atoms with Crippen molar-refractivity contribution in [3.8, 4) is 0 Å². The second kappa shape index (κ2) is 3.01. The van der Waals surface area contributed by atoms with Gasteiger partial charge in [0.25, 0.3) is 0 Å². The fourth-order valence-corrected chi connectivity index (χ4v) is 1.56. The summed E-state index contributed by atoms with van der Waals surface area (Å²) in [5.41, 5.74) is 3.15. The summed E-state index contributed by atoms with van der Waals surface area (Å²) in [5, 5.41) is 11.0. The summed E-state index contributed by atoms with van der Waals surface area (Å²) < 4.78 is 0.845. The molecule has 0 saturated carbocycles. The highest BCUT2D eigenvalue weighted by molar-refractivity contribution is 5.55. The Morgan fingerprint density at radius 1 is 1.17 bits per heavy atom. The SMILES string of the molecule is Cc1c[n+]([O-])cc(C)c1N(C)C. The van der Waals surface area contributed by atoms with E-state index in [4.69, 9.17) is 0 Å². The van der Waals surface area contributed by atoms with Crippen LogP contribution >= 0.6 is 0 Å². The molecule has 0 saturated heterocycles. The van der Waals surface area contributed by atoms with Gasteiger partial charge in [0.15, 0.2) is 12.4 Å². The number of nitrogens with zero attached hydrogens (tertiary/aromatic N) is 2. The number of aromatic nitrogens is 1. The molecule has 3 nitrogen and oxygen atoms in total. The van der Waals surface area contributed by atoms with Crippen LogP contribution in [-0.2, 0) is 0 Å². The summed E-state index contributed by atoms with van der Waals surface area (Å²) in [7, 11) is 3.95. The van der Waals surface area contributed by atoms with E-state index in [1.165, 1.54) is 0 Å². The van der Waals surface area contributed by atoms with E-state index in [1.807, 2.05) is 32.8 Å². The highest BCUT2D eigenvalue weighted by atomic mass is 16.5. The minimum atomic E-state index is 0.845. The van der Waals surface area contributed by atoms with E-state index in [0.717, 1.165) is 21.5 Å². The molecule has 12 heavy (non-hydrogen) atoms. The first-order valence-electron chi connectivity index (χ1n) is 3.89. The fourth-order valence-electron chi connectivity index (χ4n) is 1.56. The summed E-state index contributed by atoms with van der Waals surface area (Å²) in [4.78, 5) is 2.02. The number of hydrogen-bond donors (Lipinski definition) is 0. The maximum atomic E-state index is 11.0. The van der Waals surface area contributed by atoms with Crippen molar-refractivity contribution in [1.29, 1.82) is 0 Å². The standard InChI is InChI=1S/C9H14N2O/c1-7-5-11(12)6-8(2)9(7)10(3)4/h5-6H,1-4H3. The molecule has 1 heterocycles. The van der Waals surface area contributed by atoms with Crippen molar-refractivity contribution in [3.05, 3.63) is 28.7 Å². The van der Waals surface area contributed by atoms with Gasteiger partial charge in [-0.25, -0.2) is 0 Å². The van der Waals surface area contributed by atoms with Gasteiger partial charge in [0.05, 0.1) is 5.69 Å². The molecule has 0 radical (unpaired) electrons. The summed E-state index contributed by atoms with van der Waals surface area (Å²) in [5.74, 6) is 0. The minimum absolute atomic E-state index is 0.845. The Hall–Kier alpha value is -1.25.